The van der Waals surface area contributed by atoms with E-state index in [2.05, 4.69) is 17.2 Å². The van der Waals surface area contributed by atoms with Crippen LogP contribution in [0.5, 0.6) is 0 Å². The van der Waals surface area contributed by atoms with Crippen LogP contribution in [0.1, 0.15) is 13.8 Å². The van der Waals surface area contributed by atoms with Gasteiger partial charge in [0.25, 0.3) is 0 Å². The summed E-state index contributed by atoms with van der Waals surface area (Å²) in [7, 11) is -3.02. The van der Waals surface area contributed by atoms with Gasteiger partial charge in [0.2, 0.25) is 5.91 Å². The number of carbonyl (C=O) groups excluding carboxylic acids is 1. The van der Waals surface area contributed by atoms with E-state index < -0.39 is 15.9 Å². The second kappa shape index (κ2) is 6.65. The highest BCUT2D eigenvalue weighted by molar-refractivity contribution is 7.90. The maximum absolute atomic E-state index is 11.4. The van der Waals surface area contributed by atoms with Gasteiger partial charge in [0.1, 0.15) is 9.84 Å². The van der Waals surface area contributed by atoms with Crippen molar-refractivity contribution in [3.63, 3.8) is 0 Å². The Balaban J connectivity index is 4.08. The lowest BCUT2D eigenvalue weighted by Gasteiger charge is -2.18. The molecule has 5 nitrogen and oxygen atoms in total. The summed E-state index contributed by atoms with van der Waals surface area (Å²) in [6.07, 6.45) is 2.76. The summed E-state index contributed by atoms with van der Waals surface area (Å²) < 4.78 is 22.0. The highest BCUT2D eigenvalue weighted by atomic mass is 32.2. The van der Waals surface area contributed by atoms with Gasteiger partial charge in [-0.1, -0.05) is 6.08 Å². The van der Waals surface area contributed by atoms with E-state index in [0.717, 1.165) is 0 Å². The molecule has 0 rings (SSSR count). The maximum atomic E-state index is 11.4. The molecule has 16 heavy (non-hydrogen) atoms. The molecular formula is C10H20N2O3S. The lowest BCUT2D eigenvalue weighted by molar-refractivity contribution is -0.122. The minimum atomic E-state index is -3.02. The highest BCUT2D eigenvalue weighted by Crippen LogP contribution is 1.93. The SMILES string of the molecule is C=CCNC(=O)C(C)NC(C)CS(C)(=O)=O. The summed E-state index contributed by atoms with van der Waals surface area (Å²) >= 11 is 0. The normalized spacial score (nSPS) is 15.2. The summed E-state index contributed by atoms with van der Waals surface area (Å²) in [4.78, 5) is 11.4. The van der Waals surface area contributed by atoms with E-state index in [1.54, 1.807) is 19.9 Å². The summed E-state index contributed by atoms with van der Waals surface area (Å²) in [6.45, 7) is 7.32. The molecular weight excluding hydrogens is 228 g/mol. The Hall–Kier alpha value is -0.880. The van der Waals surface area contributed by atoms with Gasteiger partial charge in [-0.05, 0) is 13.8 Å². The third kappa shape index (κ3) is 7.42. The fraction of sp³-hybridized carbons (Fsp3) is 0.700. The van der Waals surface area contributed by atoms with Crippen LogP contribution in [0.2, 0.25) is 0 Å². The van der Waals surface area contributed by atoms with Crippen LogP contribution < -0.4 is 10.6 Å². The zero-order valence-electron chi connectivity index (χ0n) is 9.99. The van der Waals surface area contributed by atoms with Gasteiger partial charge in [0, 0.05) is 18.8 Å². The molecule has 6 heteroatoms. The van der Waals surface area contributed by atoms with Crippen molar-refractivity contribution in [3.8, 4) is 0 Å². The maximum Gasteiger partial charge on any atom is 0.237 e. The molecule has 0 bridgehead atoms. The van der Waals surface area contributed by atoms with Crippen LogP contribution in [-0.2, 0) is 14.6 Å². The second-order valence-electron chi connectivity index (χ2n) is 3.92. The molecule has 0 aromatic heterocycles. The first-order valence-corrected chi connectivity index (χ1v) is 7.14. The second-order valence-corrected chi connectivity index (χ2v) is 6.10. The van der Waals surface area contributed by atoms with Gasteiger partial charge in [-0.25, -0.2) is 8.42 Å². The Labute approximate surface area is 97.2 Å². The average Bonchev–Trinajstić information content (AvgIpc) is 2.10. The van der Waals surface area contributed by atoms with Crippen molar-refractivity contribution in [2.24, 2.45) is 0 Å². The van der Waals surface area contributed by atoms with Crippen LogP contribution >= 0.6 is 0 Å². The van der Waals surface area contributed by atoms with Crippen molar-refractivity contribution >= 4 is 15.7 Å². The lowest BCUT2D eigenvalue weighted by atomic mass is 10.2. The number of amides is 1. The number of rotatable bonds is 7. The molecule has 0 fully saturated rings. The van der Waals surface area contributed by atoms with Gasteiger partial charge in [-0.3, -0.25) is 4.79 Å². The summed E-state index contributed by atoms with van der Waals surface area (Å²) in [5, 5.41) is 5.55. The molecule has 2 unspecified atom stereocenters. The fourth-order valence-electron chi connectivity index (χ4n) is 1.33. The largest absolute Gasteiger partial charge is 0.351 e. The summed E-state index contributed by atoms with van der Waals surface area (Å²) in [5.74, 6) is -0.147. The molecule has 0 saturated carbocycles. The van der Waals surface area contributed by atoms with Crippen molar-refractivity contribution in [1.82, 2.24) is 10.6 Å². The van der Waals surface area contributed by atoms with Gasteiger partial charge in [0.05, 0.1) is 11.8 Å². The highest BCUT2D eigenvalue weighted by Gasteiger charge is 2.17. The molecule has 0 aliphatic heterocycles. The van der Waals surface area contributed by atoms with Crippen molar-refractivity contribution < 1.29 is 13.2 Å². The van der Waals surface area contributed by atoms with Gasteiger partial charge in [-0.15, -0.1) is 6.58 Å². The molecule has 2 atom stereocenters. The Kier molecular flexibility index (Phi) is 6.28. The van der Waals surface area contributed by atoms with E-state index in [1.165, 1.54) is 6.26 Å². The monoisotopic (exact) mass is 248 g/mol. The predicted molar refractivity (Wildman–Crippen MR) is 65.0 cm³/mol. The molecule has 1 amide bonds. The topological polar surface area (TPSA) is 75.3 Å². The first kappa shape index (κ1) is 15.1. The molecule has 0 aliphatic rings. The molecule has 0 heterocycles. The lowest BCUT2D eigenvalue weighted by Crippen LogP contribution is -2.47. The number of nitrogens with one attached hydrogen (secondary N) is 2. The first-order valence-electron chi connectivity index (χ1n) is 5.08. The van der Waals surface area contributed by atoms with Crippen molar-refractivity contribution in [1.29, 1.82) is 0 Å². The van der Waals surface area contributed by atoms with Crippen LogP contribution in [0.25, 0.3) is 0 Å². The predicted octanol–water partition coefficient (Wildman–Crippen LogP) is -0.300. The summed E-state index contributed by atoms with van der Waals surface area (Å²) in [5.41, 5.74) is 0. The Morgan fingerprint density at radius 2 is 2.00 bits per heavy atom. The number of sulfone groups is 1. The van der Waals surface area contributed by atoms with Crippen molar-refractivity contribution in [2.75, 3.05) is 18.6 Å². The minimum Gasteiger partial charge on any atom is -0.351 e. The quantitative estimate of drug-likeness (QED) is 0.607. The van der Waals surface area contributed by atoms with Crippen LogP contribution in [0.15, 0.2) is 12.7 Å². The fourth-order valence-corrected chi connectivity index (χ4v) is 2.34. The molecule has 0 radical (unpaired) electrons. The zero-order chi connectivity index (χ0) is 12.8. The van der Waals surface area contributed by atoms with E-state index in [9.17, 15) is 13.2 Å². The van der Waals surface area contributed by atoms with Gasteiger partial charge < -0.3 is 10.6 Å². The van der Waals surface area contributed by atoms with E-state index in [4.69, 9.17) is 0 Å². The van der Waals surface area contributed by atoms with E-state index >= 15 is 0 Å². The molecule has 0 spiro atoms. The van der Waals surface area contributed by atoms with Crippen LogP contribution in [0.4, 0.5) is 0 Å². The number of carbonyl (C=O) groups is 1. The van der Waals surface area contributed by atoms with Gasteiger partial charge >= 0.3 is 0 Å². The molecule has 0 saturated heterocycles. The number of hydrogen-bond acceptors (Lipinski definition) is 4. The zero-order valence-corrected chi connectivity index (χ0v) is 10.8. The third-order valence-corrected chi connectivity index (χ3v) is 3.01. The van der Waals surface area contributed by atoms with Crippen LogP contribution in [0, 0.1) is 0 Å². The average molecular weight is 248 g/mol. The van der Waals surface area contributed by atoms with Gasteiger partial charge in [-0.2, -0.15) is 0 Å². The van der Waals surface area contributed by atoms with Crippen LogP contribution in [-0.4, -0.2) is 45.0 Å². The minimum absolute atomic E-state index is 0.0199. The Morgan fingerprint density at radius 3 is 2.44 bits per heavy atom. The standard InChI is InChI=1S/C10H20N2O3S/c1-5-6-11-10(13)9(3)12-8(2)7-16(4,14)15/h5,8-9,12H,1,6-7H2,2-4H3,(H,11,13). The smallest absolute Gasteiger partial charge is 0.237 e. The van der Waals surface area contributed by atoms with Crippen molar-refractivity contribution in [3.05, 3.63) is 12.7 Å². The molecule has 94 valence electrons. The van der Waals surface area contributed by atoms with E-state index in [1.807, 2.05) is 0 Å². The molecule has 0 aromatic carbocycles. The van der Waals surface area contributed by atoms with Crippen LogP contribution in [0.3, 0.4) is 0 Å². The van der Waals surface area contributed by atoms with Gasteiger partial charge in [0.15, 0.2) is 0 Å². The van der Waals surface area contributed by atoms with Crippen molar-refractivity contribution in [2.45, 2.75) is 25.9 Å². The van der Waals surface area contributed by atoms with E-state index in [-0.39, 0.29) is 17.7 Å². The van der Waals surface area contributed by atoms with E-state index in [0.29, 0.717) is 6.54 Å². The summed E-state index contributed by atoms with van der Waals surface area (Å²) in [6, 6.07) is -0.670. The molecule has 0 aliphatic carbocycles. The first-order chi connectivity index (χ1) is 7.26. The Morgan fingerprint density at radius 1 is 1.44 bits per heavy atom. The number of hydrogen-bond donors (Lipinski definition) is 2. The molecule has 0 aromatic rings. The molecule has 2 N–H and O–H groups in total. The Bertz CT molecular complexity index is 338. The third-order valence-electron chi connectivity index (χ3n) is 1.90.